The summed E-state index contributed by atoms with van der Waals surface area (Å²) >= 11 is 0. The zero-order valence-electron chi connectivity index (χ0n) is 25.8. The smallest absolute Gasteiger partial charge is 0.346 e. The summed E-state index contributed by atoms with van der Waals surface area (Å²) in [6.07, 6.45) is 3.58. The second kappa shape index (κ2) is 15.6. The molecular weight excluding hydrogens is 610 g/mol. The predicted molar refractivity (Wildman–Crippen MR) is 169 cm³/mol. The number of carbonyl (C=O) groups is 2. The van der Waals surface area contributed by atoms with Crippen LogP contribution in [0, 0.1) is 11.6 Å². The van der Waals surface area contributed by atoms with E-state index in [2.05, 4.69) is 10.2 Å². The molecule has 0 spiro atoms. The van der Waals surface area contributed by atoms with Crippen LogP contribution in [0.1, 0.15) is 60.2 Å². The molecule has 0 radical (unpaired) electrons. The Kier molecular flexibility index (Phi) is 10.9. The summed E-state index contributed by atoms with van der Waals surface area (Å²) in [4.78, 5) is 25.1. The van der Waals surface area contributed by atoms with Gasteiger partial charge < -0.3 is 23.4 Å². The highest BCUT2D eigenvalue weighted by Crippen LogP contribution is 2.28. The summed E-state index contributed by atoms with van der Waals surface area (Å²) in [7, 11) is 0. The van der Waals surface area contributed by atoms with Crippen LogP contribution in [0.4, 0.5) is 8.78 Å². The molecule has 5 aromatic rings. The van der Waals surface area contributed by atoms with Crippen LogP contribution in [0.3, 0.4) is 0 Å². The zero-order chi connectivity index (χ0) is 33.2. The molecule has 0 aliphatic heterocycles. The van der Waals surface area contributed by atoms with Crippen LogP contribution in [0.2, 0.25) is 0 Å². The van der Waals surface area contributed by atoms with Crippen LogP contribution in [-0.2, 0) is 0 Å². The number of ether oxygens (including phenoxy) is 4. The first-order valence-corrected chi connectivity index (χ1v) is 15.2. The average molecular weight is 643 g/mol. The number of hydrogen-bond acceptors (Lipinski definition) is 9. The Labute approximate surface area is 270 Å². The molecule has 47 heavy (non-hydrogen) atoms. The highest BCUT2D eigenvalue weighted by atomic mass is 19.1. The Hall–Kier alpha value is -5.58. The van der Waals surface area contributed by atoms with E-state index >= 15 is 0 Å². The second-order valence-corrected chi connectivity index (χ2v) is 10.4. The summed E-state index contributed by atoms with van der Waals surface area (Å²) in [5, 5.41) is 8.15. The van der Waals surface area contributed by atoms with Gasteiger partial charge >= 0.3 is 11.9 Å². The van der Waals surface area contributed by atoms with Crippen LogP contribution in [0.25, 0.3) is 22.9 Å². The van der Waals surface area contributed by atoms with Crippen LogP contribution < -0.4 is 18.9 Å². The molecule has 1 heterocycles. The van der Waals surface area contributed by atoms with Gasteiger partial charge in [0.2, 0.25) is 11.8 Å². The number of aromatic nitrogens is 2. The number of carbonyl (C=O) groups excluding carboxylic acids is 2. The SMILES string of the molecule is CCCCOc1ccc(C(=O)Oc2ccc(-c3nnc(-c4ccc(OC(=O)c5ccc(OCCCC)cc5F)cc4)o3)cc2)c(F)c1. The number of halogens is 2. The van der Waals surface area contributed by atoms with E-state index in [0.29, 0.717) is 35.8 Å². The molecule has 4 aromatic carbocycles. The number of rotatable bonds is 14. The Bertz CT molecular complexity index is 1690. The molecule has 0 N–H and O–H groups in total. The van der Waals surface area contributed by atoms with Crippen molar-refractivity contribution in [1.82, 2.24) is 10.2 Å². The molecule has 9 nitrogen and oxygen atoms in total. The van der Waals surface area contributed by atoms with E-state index in [4.69, 9.17) is 23.4 Å². The molecule has 0 saturated carbocycles. The Morgan fingerprint density at radius 3 is 1.34 bits per heavy atom. The van der Waals surface area contributed by atoms with Crippen molar-refractivity contribution in [3.05, 3.63) is 108 Å². The van der Waals surface area contributed by atoms with E-state index in [1.54, 1.807) is 24.3 Å². The van der Waals surface area contributed by atoms with Crippen LogP contribution in [-0.4, -0.2) is 35.3 Å². The zero-order valence-corrected chi connectivity index (χ0v) is 25.8. The first-order valence-electron chi connectivity index (χ1n) is 15.2. The number of unbranched alkanes of at least 4 members (excludes halogenated alkanes) is 2. The van der Waals surface area contributed by atoms with Gasteiger partial charge in [0.25, 0.3) is 0 Å². The highest BCUT2D eigenvalue weighted by Gasteiger charge is 2.18. The topological polar surface area (TPSA) is 110 Å². The van der Waals surface area contributed by atoms with Gasteiger partial charge in [-0.05, 0) is 85.6 Å². The van der Waals surface area contributed by atoms with Crippen LogP contribution >= 0.6 is 0 Å². The van der Waals surface area contributed by atoms with Crippen molar-refractivity contribution < 1.29 is 41.7 Å². The Morgan fingerprint density at radius 1 is 0.596 bits per heavy atom. The van der Waals surface area contributed by atoms with Crippen LogP contribution in [0.5, 0.6) is 23.0 Å². The Morgan fingerprint density at radius 2 is 0.979 bits per heavy atom. The maximum absolute atomic E-state index is 14.5. The minimum absolute atomic E-state index is 0.197. The lowest BCUT2D eigenvalue weighted by atomic mass is 10.2. The summed E-state index contributed by atoms with van der Waals surface area (Å²) in [5.74, 6) is -1.68. The molecule has 0 aliphatic carbocycles. The van der Waals surface area contributed by atoms with Crippen molar-refractivity contribution >= 4 is 11.9 Å². The van der Waals surface area contributed by atoms with Gasteiger partial charge in [-0.25, -0.2) is 18.4 Å². The Balaban J connectivity index is 1.17. The largest absolute Gasteiger partial charge is 0.493 e. The normalized spacial score (nSPS) is 10.8. The lowest BCUT2D eigenvalue weighted by Crippen LogP contribution is -2.11. The molecule has 0 saturated heterocycles. The minimum atomic E-state index is -0.847. The van der Waals surface area contributed by atoms with Gasteiger partial charge in [0.05, 0.1) is 24.3 Å². The molecule has 0 fully saturated rings. The summed E-state index contributed by atoms with van der Waals surface area (Å²) in [6, 6.07) is 20.6. The monoisotopic (exact) mass is 642 g/mol. The number of nitrogens with zero attached hydrogens (tertiary/aromatic N) is 2. The van der Waals surface area contributed by atoms with Gasteiger partial charge in [-0.3, -0.25) is 0 Å². The van der Waals surface area contributed by atoms with Crippen molar-refractivity contribution in [3.63, 3.8) is 0 Å². The van der Waals surface area contributed by atoms with Gasteiger partial charge in [0, 0.05) is 23.3 Å². The molecule has 11 heteroatoms. The van der Waals surface area contributed by atoms with E-state index in [1.807, 2.05) is 13.8 Å². The highest BCUT2D eigenvalue weighted by molar-refractivity contribution is 5.92. The third kappa shape index (κ3) is 8.57. The fourth-order valence-electron chi connectivity index (χ4n) is 4.28. The van der Waals surface area contributed by atoms with Gasteiger partial charge in [0.1, 0.15) is 34.6 Å². The van der Waals surface area contributed by atoms with Gasteiger partial charge in [-0.2, -0.15) is 0 Å². The molecule has 0 unspecified atom stereocenters. The van der Waals surface area contributed by atoms with E-state index in [1.165, 1.54) is 48.5 Å². The molecule has 1 aromatic heterocycles. The summed E-state index contributed by atoms with van der Waals surface area (Å²) in [6.45, 7) is 4.98. The molecule has 0 amide bonds. The molecule has 0 bridgehead atoms. The van der Waals surface area contributed by atoms with Crippen molar-refractivity contribution in [2.75, 3.05) is 13.2 Å². The quantitative estimate of drug-likeness (QED) is 0.0669. The van der Waals surface area contributed by atoms with Crippen molar-refractivity contribution in [2.24, 2.45) is 0 Å². The molecule has 5 rings (SSSR count). The van der Waals surface area contributed by atoms with Crippen molar-refractivity contribution in [3.8, 4) is 45.9 Å². The van der Waals surface area contributed by atoms with E-state index in [9.17, 15) is 18.4 Å². The van der Waals surface area contributed by atoms with Gasteiger partial charge in [0.15, 0.2) is 0 Å². The fraction of sp³-hybridized carbons (Fsp3) is 0.222. The first kappa shape index (κ1) is 32.8. The maximum atomic E-state index is 14.5. The standard InChI is InChI=1S/C36H32F2N2O7/c1-3-5-19-43-27-15-17-29(31(37)21-27)35(41)45-25-11-7-23(8-12-25)33-39-40-34(47-33)24-9-13-26(14-10-24)46-36(42)30-18-16-28(22-32(30)38)44-20-6-4-2/h7-18,21-22H,3-6,19-20H2,1-2H3. The number of benzene rings is 4. The molecular formula is C36H32F2N2O7. The van der Waals surface area contributed by atoms with Gasteiger partial charge in [-0.1, -0.05) is 26.7 Å². The van der Waals surface area contributed by atoms with E-state index in [-0.39, 0.29) is 34.4 Å². The minimum Gasteiger partial charge on any atom is -0.493 e. The molecule has 0 aliphatic rings. The predicted octanol–water partition coefficient (Wildman–Crippen LogP) is 8.48. The second-order valence-electron chi connectivity index (χ2n) is 10.4. The molecule has 242 valence electrons. The number of esters is 2. The van der Waals surface area contributed by atoms with Crippen molar-refractivity contribution in [1.29, 1.82) is 0 Å². The summed E-state index contributed by atoms with van der Waals surface area (Å²) < 4.78 is 56.4. The third-order valence-electron chi connectivity index (χ3n) is 6.90. The average Bonchev–Trinajstić information content (AvgIpc) is 3.56. The maximum Gasteiger partial charge on any atom is 0.346 e. The van der Waals surface area contributed by atoms with E-state index < -0.39 is 23.6 Å². The van der Waals surface area contributed by atoms with Crippen molar-refractivity contribution in [2.45, 2.75) is 39.5 Å². The fourth-order valence-corrected chi connectivity index (χ4v) is 4.28. The lowest BCUT2D eigenvalue weighted by molar-refractivity contribution is 0.0719. The van der Waals surface area contributed by atoms with Gasteiger partial charge in [-0.15, -0.1) is 10.2 Å². The molecule has 0 atom stereocenters. The van der Waals surface area contributed by atoms with E-state index in [0.717, 1.165) is 37.8 Å². The third-order valence-corrected chi connectivity index (χ3v) is 6.90. The first-order chi connectivity index (χ1) is 22.8. The summed E-state index contributed by atoms with van der Waals surface area (Å²) in [5.41, 5.74) is 0.678. The lowest BCUT2D eigenvalue weighted by Gasteiger charge is -2.08. The number of hydrogen-bond donors (Lipinski definition) is 0. The van der Waals surface area contributed by atoms with Crippen LogP contribution in [0.15, 0.2) is 89.3 Å².